The molecule has 1 aromatic carbocycles. The van der Waals surface area contributed by atoms with E-state index in [-0.39, 0.29) is 23.5 Å². The number of nitrogens with zero attached hydrogens (tertiary/aromatic N) is 1. The number of alkyl halides is 2. The topological polar surface area (TPSA) is 62.1 Å². The van der Waals surface area contributed by atoms with Crippen molar-refractivity contribution < 1.29 is 18.3 Å². The number of carbonyl (C=O) groups excluding carboxylic acids is 1. The highest BCUT2D eigenvalue weighted by Gasteiger charge is 2.47. The van der Waals surface area contributed by atoms with Crippen LogP contribution < -0.4 is 5.32 Å². The summed E-state index contributed by atoms with van der Waals surface area (Å²) in [7, 11) is 0. The number of carbonyl (C=O) groups is 1. The maximum Gasteiger partial charge on any atom is 0.408 e. The van der Waals surface area contributed by atoms with Crippen LogP contribution in [0.25, 0.3) is 0 Å². The first-order chi connectivity index (χ1) is 8.04. The van der Waals surface area contributed by atoms with Gasteiger partial charge in [-0.3, -0.25) is 0 Å². The Morgan fingerprint density at radius 2 is 2.11 bits per heavy atom. The van der Waals surface area contributed by atoms with Gasteiger partial charge in [0, 0.05) is 0 Å². The molecule has 1 aromatic rings. The van der Waals surface area contributed by atoms with Crippen LogP contribution in [-0.4, -0.2) is 18.6 Å². The summed E-state index contributed by atoms with van der Waals surface area (Å²) in [5, 5.41) is 10.9. The Kier molecular flexibility index (Phi) is 4.09. The zero-order chi connectivity index (χ0) is 12.5. The summed E-state index contributed by atoms with van der Waals surface area (Å²) in [4.78, 5) is 11.0. The average Bonchev–Trinajstić information content (AvgIpc) is 2.32. The summed E-state index contributed by atoms with van der Waals surface area (Å²) in [5.74, 6) is -3.24. The second-order valence-electron chi connectivity index (χ2n) is 3.61. The smallest absolute Gasteiger partial charge is 0.408 e. The van der Waals surface area contributed by atoms with Crippen LogP contribution in [0, 0.1) is 11.3 Å². The van der Waals surface area contributed by atoms with E-state index < -0.39 is 24.7 Å². The fourth-order valence-electron chi connectivity index (χ4n) is 1.67. The number of alkyl carbamates (subject to hydrolysis) is 1. The molecule has 0 saturated carbocycles. The van der Waals surface area contributed by atoms with Crippen LogP contribution in [0.2, 0.25) is 0 Å². The van der Waals surface area contributed by atoms with Crippen molar-refractivity contribution in [3.05, 3.63) is 35.4 Å². The van der Waals surface area contributed by atoms with Crippen LogP contribution in [-0.2, 0) is 4.74 Å². The first-order valence-corrected chi connectivity index (χ1v) is 4.85. The van der Waals surface area contributed by atoms with E-state index >= 15 is 0 Å². The lowest BCUT2D eigenvalue weighted by Crippen LogP contribution is -2.49. The number of benzene rings is 1. The van der Waals surface area contributed by atoms with Gasteiger partial charge in [0.05, 0.1) is 11.6 Å². The Balaban J connectivity index is 0.00000162. The van der Waals surface area contributed by atoms with Gasteiger partial charge >= 0.3 is 12.0 Å². The molecule has 0 bridgehead atoms. The molecule has 4 nitrogen and oxygen atoms in total. The van der Waals surface area contributed by atoms with E-state index in [0.29, 0.717) is 0 Å². The molecule has 2 rings (SSSR count). The lowest BCUT2D eigenvalue weighted by Gasteiger charge is -2.32. The van der Waals surface area contributed by atoms with E-state index in [1.54, 1.807) is 6.07 Å². The van der Waals surface area contributed by atoms with Crippen molar-refractivity contribution in [2.45, 2.75) is 12.0 Å². The monoisotopic (exact) mass is 274 g/mol. The molecule has 0 aliphatic carbocycles. The summed E-state index contributed by atoms with van der Waals surface area (Å²) in [5.41, 5.74) is 0.205. The van der Waals surface area contributed by atoms with Crippen LogP contribution in [0.4, 0.5) is 13.6 Å². The molecule has 1 aliphatic heterocycles. The minimum Gasteiger partial charge on any atom is -0.443 e. The highest BCUT2D eigenvalue weighted by Crippen LogP contribution is 2.35. The number of nitriles is 1. The third-order valence-electron chi connectivity index (χ3n) is 2.47. The van der Waals surface area contributed by atoms with Gasteiger partial charge in [0.2, 0.25) is 0 Å². The standard InChI is InChI=1S/C11H8F2N2O2.ClH/c12-11(13)6-17-10(16)15-9(11)8-4-2-1-3-7(8)5-14;/h1-4,9H,6H2,(H,15,16);1H/t9-;/m1./s1. The van der Waals surface area contributed by atoms with Crippen LogP contribution in [0.15, 0.2) is 24.3 Å². The maximum absolute atomic E-state index is 13.6. The molecule has 7 heteroatoms. The molecule has 1 N–H and O–H groups in total. The normalized spacial score (nSPS) is 20.9. The molecule has 1 atom stereocenters. The Hall–Kier alpha value is -1.87. The van der Waals surface area contributed by atoms with Gasteiger partial charge in [0.1, 0.15) is 6.04 Å². The van der Waals surface area contributed by atoms with Crippen LogP contribution >= 0.6 is 12.4 Å². The number of cyclic esters (lactones) is 1. The van der Waals surface area contributed by atoms with Gasteiger partial charge in [-0.25, -0.2) is 13.6 Å². The molecule has 0 aromatic heterocycles. The highest BCUT2D eigenvalue weighted by molar-refractivity contribution is 5.85. The zero-order valence-corrected chi connectivity index (χ0v) is 9.84. The number of halogens is 3. The summed E-state index contributed by atoms with van der Waals surface area (Å²) >= 11 is 0. The van der Waals surface area contributed by atoms with Gasteiger partial charge in [0.15, 0.2) is 6.61 Å². The quantitative estimate of drug-likeness (QED) is 0.855. The highest BCUT2D eigenvalue weighted by atomic mass is 35.5. The average molecular weight is 275 g/mol. The third kappa shape index (κ3) is 2.51. The molecule has 1 fully saturated rings. The fourth-order valence-corrected chi connectivity index (χ4v) is 1.67. The van der Waals surface area contributed by atoms with E-state index in [0.717, 1.165) is 0 Å². The molecule has 0 radical (unpaired) electrons. The largest absolute Gasteiger partial charge is 0.443 e. The van der Waals surface area contributed by atoms with Gasteiger partial charge in [-0.15, -0.1) is 12.4 Å². The Labute approximate surface area is 108 Å². The molecular formula is C11H9ClF2N2O2. The van der Waals surface area contributed by atoms with Crippen molar-refractivity contribution in [1.82, 2.24) is 5.32 Å². The molecular weight excluding hydrogens is 266 g/mol. The number of hydrogen-bond acceptors (Lipinski definition) is 3. The molecule has 18 heavy (non-hydrogen) atoms. The van der Waals surface area contributed by atoms with Crippen molar-refractivity contribution in [1.29, 1.82) is 5.26 Å². The Bertz CT molecular complexity index is 502. The van der Waals surface area contributed by atoms with Crippen molar-refractivity contribution in [3.8, 4) is 6.07 Å². The summed E-state index contributed by atoms with van der Waals surface area (Å²) in [6.07, 6.45) is -0.909. The zero-order valence-electron chi connectivity index (χ0n) is 9.02. The van der Waals surface area contributed by atoms with E-state index in [9.17, 15) is 13.6 Å². The first kappa shape index (κ1) is 14.2. The van der Waals surface area contributed by atoms with Crippen molar-refractivity contribution in [2.24, 2.45) is 0 Å². The first-order valence-electron chi connectivity index (χ1n) is 4.85. The van der Waals surface area contributed by atoms with Gasteiger partial charge in [0.25, 0.3) is 0 Å². The lowest BCUT2D eigenvalue weighted by molar-refractivity contribution is -0.104. The molecule has 0 unspecified atom stereocenters. The molecule has 1 amide bonds. The minimum atomic E-state index is -3.24. The van der Waals surface area contributed by atoms with Crippen LogP contribution in [0.1, 0.15) is 17.2 Å². The predicted molar refractivity (Wildman–Crippen MR) is 60.6 cm³/mol. The molecule has 1 aliphatic rings. The van der Waals surface area contributed by atoms with E-state index in [1.807, 2.05) is 11.4 Å². The Morgan fingerprint density at radius 1 is 1.44 bits per heavy atom. The second-order valence-corrected chi connectivity index (χ2v) is 3.61. The summed E-state index contributed by atoms with van der Waals surface area (Å²) in [6, 6.07) is 6.21. The number of ether oxygens (including phenoxy) is 1. The van der Waals surface area contributed by atoms with E-state index in [1.165, 1.54) is 18.2 Å². The fraction of sp³-hybridized carbons (Fsp3) is 0.273. The predicted octanol–water partition coefficient (Wildman–Crippen LogP) is 2.40. The van der Waals surface area contributed by atoms with Gasteiger partial charge in [-0.1, -0.05) is 18.2 Å². The molecule has 1 saturated heterocycles. The molecule has 0 spiro atoms. The Morgan fingerprint density at radius 3 is 2.78 bits per heavy atom. The van der Waals surface area contributed by atoms with Crippen molar-refractivity contribution in [2.75, 3.05) is 6.61 Å². The summed E-state index contributed by atoms with van der Waals surface area (Å²) < 4.78 is 31.4. The minimum absolute atomic E-state index is 0. The second kappa shape index (κ2) is 5.19. The lowest BCUT2D eigenvalue weighted by atomic mass is 9.96. The van der Waals surface area contributed by atoms with E-state index in [2.05, 4.69) is 4.74 Å². The van der Waals surface area contributed by atoms with E-state index in [4.69, 9.17) is 5.26 Å². The van der Waals surface area contributed by atoms with Crippen LogP contribution in [0.3, 0.4) is 0 Å². The van der Waals surface area contributed by atoms with Gasteiger partial charge in [-0.05, 0) is 11.6 Å². The number of hydrogen-bond donors (Lipinski definition) is 1. The van der Waals surface area contributed by atoms with Crippen molar-refractivity contribution in [3.63, 3.8) is 0 Å². The SMILES string of the molecule is Cl.N#Cc1ccccc1[C@H]1NC(=O)OCC1(F)F. The maximum atomic E-state index is 13.6. The summed E-state index contributed by atoms with van der Waals surface area (Å²) in [6.45, 7) is -0.983. The number of amides is 1. The van der Waals surface area contributed by atoms with Crippen molar-refractivity contribution >= 4 is 18.5 Å². The van der Waals surface area contributed by atoms with Crippen LogP contribution in [0.5, 0.6) is 0 Å². The van der Waals surface area contributed by atoms with Gasteiger partial charge < -0.3 is 10.1 Å². The number of nitrogens with one attached hydrogen (secondary N) is 1. The third-order valence-corrected chi connectivity index (χ3v) is 2.47. The molecule has 1 heterocycles. The number of rotatable bonds is 1. The molecule has 96 valence electrons. The van der Waals surface area contributed by atoms with Gasteiger partial charge in [-0.2, -0.15) is 5.26 Å².